The van der Waals surface area contributed by atoms with Crippen molar-refractivity contribution in [2.45, 2.75) is 12.5 Å². The molecule has 0 bridgehead atoms. The molecule has 0 aliphatic rings. The zero-order valence-corrected chi connectivity index (χ0v) is 8.80. The maximum Gasteiger partial charge on any atom is 0.312 e. The smallest absolute Gasteiger partial charge is 0.312 e. The molecule has 0 amide bonds. The van der Waals surface area contributed by atoms with Crippen molar-refractivity contribution < 1.29 is 9.63 Å². The van der Waals surface area contributed by atoms with Crippen molar-refractivity contribution in [3.05, 3.63) is 35.9 Å². The largest absolute Gasteiger partial charge is 0.371 e. The van der Waals surface area contributed by atoms with E-state index in [9.17, 15) is 4.79 Å². The van der Waals surface area contributed by atoms with Crippen molar-refractivity contribution in [2.75, 3.05) is 13.6 Å². The summed E-state index contributed by atoms with van der Waals surface area (Å²) < 4.78 is 0. The van der Waals surface area contributed by atoms with E-state index >= 15 is 0 Å². The molecular formula is C11H16N2O2. The van der Waals surface area contributed by atoms with Crippen molar-refractivity contribution in [1.29, 1.82) is 0 Å². The lowest BCUT2D eigenvalue weighted by Gasteiger charge is -2.18. The minimum Gasteiger partial charge on any atom is -0.371 e. The van der Waals surface area contributed by atoms with E-state index in [1.807, 2.05) is 30.3 Å². The summed E-state index contributed by atoms with van der Waals surface area (Å²) in [6.07, 6.45) is 0.771. The van der Waals surface area contributed by atoms with Gasteiger partial charge in [0.2, 0.25) is 0 Å². The first-order valence-corrected chi connectivity index (χ1v) is 4.83. The summed E-state index contributed by atoms with van der Waals surface area (Å²) in [5, 5.41) is 1.43. The number of carbonyl (C=O) groups excluding carboxylic acids is 1. The minimum atomic E-state index is -0.0441. The molecule has 1 rings (SSSR count). The molecule has 82 valence electrons. The molecule has 0 aromatic heterocycles. The van der Waals surface area contributed by atoms with Gasteiger partial charge in [0.25, 0.3) is 0 Å². The Kier molecular flexibility index (Phi) is 4.80. The Bertz CT molecular complexity index is 290. The number of benzene rings is 1. The fraction of sp³-hybridized carbons (Fsp3) is 0.364. The first kappa shape index (κ1) is 11.7. The van der Waals surface area contributed by atoms with E-state index in [2.05, 4.69) is 4.84 Å². The van der Waals surface area contributed by atoms with Crippen LogP contribution in [0.15, 0.2) is 30.3 Å². The molecule has 0 saturated heterocycles. The van der Waals surface area contributed by atoms with Gasteiger partial charge in [-0.2, -0.15) is 0 Å². The van der Waals surface area contributed by atoms with Crippen LogP contribution in [0.3, 0.4) is 0 Å². The molecule has 1 atom stereocenters. The van der Waals surface area contributed by atoms with E-state index in [1.165, 1.54) is 10.6 Å². The molecule has 0 radical (unpaired) electrons. The first-order chi connectivity index (χ1) is 7.22. The summed E-state index contributed by atoms with van der Waals surface area (Å²) in [5.74, 6) is 0. The van der Waals surface area contributed by atoms with Gasteiger partial charge in [-0.15, -0.1) is 5.06 Å². The number of likely N-dealkylation sites (N-methyl/N-ethyl adjacent to an activating group) is 1. The first-order valence-electron chi connectivity index (χ1n) is 4.83. The van der Waals surface area contributed by atoms with E-state index in [-0.39, 0.29) is 6.04 Å². The summed E-state index contributed by atoms with van der Waals surface area (Å²) >= 11 is 0. The molecule has 2 N–H and O–H groups in total. The van der Waals surface area contributed by atoms with Gasteiger partial charge in [-0.25, -0.2) is 0 Å². The van der Waals surface area contributed by atoms with Crippen molar-refractivity contribution >= 4 is 6.47 Å². The third kappa shape index (κ3) is 4.58. The highest BCUT2D eigenvalue weighted by molar-refractivity contribution is 5.36. The van der Waals surface area contributed by atoms with Gasteiger partial charge in [0.05, 0.1) is 6.54 Å². The van der Waals surface area contributed by atoms with Crippen molar-refractivity contribution in [3.8, 4) is 0 Å². The van der Waals surface area contributed by atoms with E-state index in [0.29, 0.717) is 13.0 Å². The van der Waals surface area contributed by atoms with E-state index < -0.39 is 0 Å². The normalized spacial score (nSPS) is 12.5. The SMILES string of the molecule is CN(C[C@H](N)Cc1ccccc1)OC=O. The maximum atomic E-state index is 10.1. The summed E-state index contributed by atoms with van der Waals surface area (Å²) in [4.78, 5) is 14.7. The molecule has 15 heavy (non-hydrogen) atoms. The van der Waals surface area contributed by atoms with Crippen LogP contribution < -0.4 is 5.73 Å². The Labute approximate surface area is 89.6 Å². The number of rotatable bonds is 6. The van der Waals surface area contributed by atoms with Crippen molar-refractivity contribution in [2.24, 2.45) is 5.73 Å². The van der Waals surface area contributed by atoms with E-state index in [0.717, 1.165) is 6.42 Å². The minimum absolute atomic E-state index is 0.0441. The quantitative estimate of drug-likeness (QED) is 0.548. The number of carbonyl (C=O) groups is 1. The molecule has 1 aromatic carbocycles. The van der Waals surface area contributed by atoms with Crippen molar-refractivity contribution in [3.63, 3.8) is 0 Å². The Morgan fingerprint density at radius 3 is 2.73 bits per heavy atom. The monoisotopic (exact) mass is 208 g/mol. The molecule has 0 fully saturated rings. The average Bonchev–Trinajstić information content (AvgIpc) is 2.19. The second-order valence-corrected chi connectivity index (χ2v) is 3.46. The van der Waals surface area contributed by atoms with Crippen LogP contribution in [-0.4, -0.2) is 31.2 Å². The maximum absolute atomic E-state index is 10.1. The lowest BCUT2D eigenvalue weighted by molar-refractivity contribution is -0.167. The average molecular weight is 208 g/mol. The highest BCUT2D eigenvalue weighted by Gasteiger charge is 2.07. The molecule has 0 aliphatic heterocycles. The summed E-state index contributed by atoms with van der Waals surface area (Å²) in [7, 11) is 1.68. The van der Waals surface area contributed by atoms with Gasteiger partial charge in [-0.05, 0) is 12.0 Å². The van der Waals surface area contributed by atoms with Gasteiger partial charge < -0.3 is 10.6 Å². The van der Waals surface area contributed by atoms with Gasteiger partial charge in [0.15, 0.2) is 0 Å². The topological polar surface area (TPSA) is 55.6 Å². The molecule has 4 nitrogen and oxygen atoms in total. The molecular weight excluding hydrogens is 192 g/mol. The molecule has 0 heterocycles. The molecule has 4 heteroatoms. The van der Waals surface area contributed by atoms with Crippen LogP contribution >= 0.6 is 0 Å². The molecule has 0 aliphatic carbocycles. The molecule has 0 unspecified atom stereocenters. The van der Waals surface area contributed by atoms with Crippen molar-refractivity contribution in [1.82, 2.24) is 5.06 Å². The fourth-order valence-electron chi connectivity index (χ4n) is 1.43. The Hall–Kier alpha value is -1.39. The van der Waals surface area contributed by atoms with Crippen LogP contribution in [0.2, 0.25) is 0 Å². The zero-order valence-electron chi connectivity index (χ0n) is 8.80. The number of hydrogen-bond donors (Lipinski definition) is 1. The van der Waals surface area contributed by atoms with Gasteiger partial charge in [0.1, 0.15) is 0 Å². The number of hydroxylamine groups is 2. The number of hydrogen-bond acceptors (Lipinski definition) is 4. The summed E-state index contributed by atoms with van der Waals surface area (Å²) in [6, 6.07) is 9.94. The predicted octanol–water partition coefficient (Wildman–Crippen LogP) is 0.576. The zero-order chi connectivity index (χ0) is 11.1. The van der Waals surface area contributed by atoms with Crippen LogP contribution in [-0.2, 0) is 16.1 Å². The van der Waals surface area contributed by atoms with Gasteiger partial charge in [-0.1, -0.05) is 30.3 Å². The lowest BCUT2D eigenvalue weighted by atomic mass is 10.1. The van der Waals surface area contributed by atoms with E-state index in [1.54, 1.807) is 7.05 Å². The Morgan fingerprint density at radius 2 is 2.13 bits per heavy atom. The second-order valence-electron chi connectivity index (χ2n) is 3.46. The third-order valence-corrected chi connectivity index (χ3v) is 2.06. The highest BCUT2D eigenvalue weighted by atomic mass is 16.7. The Morgan fingerprint density at radius 1 is 1.47 bits per heavy atom. The van der Waals surface area contributed by atoms with Crippen LogP contribution in [0.5, 0.6) is 0 Å². The Balaban J connectivity index is 2.36. The molecule has 0 spiro atoms. The summed E-state index contributed by atoms with van der Waals surface area (Å²) in [6.45, 7) is 0.920. The second kappa shape index (κ2) is 6.16. The predicted molar refractivity (Wildman–Crippen MR) is 57.9 cm³/mol. The highest BCUT2D eigenvalue weighted by Crippen LogP contribution is 2.02. The number of nitrogens with two attached hydrogens (primary N) is 1. The molecule has 1 aromatic rings. The van der Waals surface area contributed by atoms with Crippen LogP contribution in [0.4, 0.5) is 0 Å². The van der Waals surface area contributed by atoms with Gasteiger partial charge in [-0.3, -0.25) is 4.79 Å². The lowest BCUT2D eigenvalue weighted by Crippen LogP contribution is -2.36. The van der Waals surface area contributed by atoms with E-state index in [4.69, 9.17) is 5.73 Å². The van der Waals surface area contributed by atoms with Gasteiger partial charge >= 0.3 is 6.47 Å². The standard InChI is InChI=1S/C11H16N2O2/c1-13(15-9-14)8-11(12)7-10-5-3-2-4-6-10/h2-6,9,11H,7-8,12H2,1H3/t11-/m1/s1. The fourth-order valence-corrected chi connectivity index (χ4v) is 1.43. The van der Waals surface area contributed by atoms with Crippen LogP contribution in [0.25, 0.3) is 0 Å². The van der Waals surface area contributed by atoms with Crippen LogP contribution in [0, 0.1) is 0 Å². The van der Waals surface area contributed by atoms with Crippen LogP contribution in [0.1, 0.15) is 5.56 Å². The summed E-state index contributed by atoms with van der Waals surface area (Å²) in [5.41, 5.74) is 7.08. The third-order valence-electron chi connectivity index (χ3n) is 2.06. The molecule has 0 saturated carbocycles. The number of nitrogens with zero attached hydrogens (tertiary/aromatic N) is 1. The van der Waals surface area contributed by atoms with Gasteiger partial charge in [0, 0.05) is 13.1 Å².